The number of nitrogens with zero attached hydrogens (tertiary/aromatic N) is 5. The fourth-order valence-corrected chi connectivity index (χ4v) is 3.33. The number of hydrogen-bond acceptors (Lipinski definition) is 6. The predicted octanol–water partition coefficient (Wildman–Crippen LogP) is 3.53. The molecule has 0 aliphatic heterocycles. The summed E-state index contributed by atoms with van der Waals surface area (Å²) in [6.45, 7) is 1.62. The van der Waals surface area contributed by atoms with Crippen LogP contribution in [0.4, 0.5) is 18.9 Å². The Morgan fingerprint density at radius 2 is 1.94 bits per heavy atom. The first kappa shape index (κ1) is 22.4. The summed E-state index contributed by atoms with van der Waals surface area (Å²) in [7, 11) is -2.34. The molecule has 0 bridgehead atoms. The van der Waals surface area contributed by atoms with Crippen molar-refractivity contribution < 1.29 is 22.2 Å². The minimum absolute atomic E-state index is 0.125. The molecule has 0 spiro atoms. The second-order valence-corrected chi connectivity index (χ2v) is 9.50. The van der Waals surface area contributed by atoms with E-state index in [4.69, 9.17) is 0 Å². The Kier molecular flexibility index (Phi) is 6.11. The number of benzene rings is 1. The average Bonchev–Trinajstić information content (AvgIpc) is 3.17. The number of carbonyl (C=O) groups excluding carboxylic acids is 1. The van der Waals surface area contributed by atoms with Crippen molar-refractivity contribution in [2.45, 2.75) is 19.1 Å². The Morgan fingerprint density at radius 1 is 1.19 bits per heavy atom. The molecule has 0 radical (unpaired) electrons. The highest BCUT2D eigenvalue weighted by molar-refractivity contribution is 7.92. The Balaban J connectivity index is 1.81. The fourth-order valence-electron chi connectivity index (χ4n) is 2.71. The van der Waals surface area contributed by atoms with Crippen LogP contribution in [-0.2, 0) is 15.9 Å². The van der Waals surface area contributed by atoms with Crippen molar-refractivity contribution in [1.29, 1.82) is 0 Å². The zero-order valence-electron chi connectivity index (χ0n) is 16.8. The lowest BCUT2D eigenvalue weighted by Gasteiger charge is -2.15. The molecule has 0 fully saturated rings. The van der Waals surface area contributed by atoms with Gasteiger partial charge in [0, 0.05) is 27.8 Å². The summed E-state index contributed by atoms with van der Waals surface area (Å²) < 4.78 is 55.9. The zero-order chi connectivity index (χ0) is 22.8. The third kappa shape index (κ3) is 5.66. The lowest BCUT2D eigenvalue weighted by atomic mass is 10.1. The first-order valence-corrected chi connectivity index (χ1v) is 11.3. The molecule has 1 aromatic carbocycles. The van der Waals surface area contributed by atoms with E-state index in [2.05, 4.69) is 24.7 Å². The molecule has 31 heavy (non-hydrogen) atoms. The van der Waals surface area contributed by atoms with Crippen LogP contribution in [0, 0.1) is 0 Å². The molecule has 0 aliphatic carbocycles. The molecule has 164 valence electrons. The van der Waals surface area contributed by atoms with Gasteiger partial charge in [0.1, 0.15) is 6.33 Å². The van der Waals surface area contributed by atoms with E-state index in [0.717, 1.165) is 12.1 Å². The Labute approximate surface area is 176 Å². The van der Waals surface area contributed by atoms with Crippen molar-refractivity contribution in [2.24, 2.45) is 4.36 Å². The number of halogens is 3. The average molecular weight is 452 g/mol. The van der Waals surface area contributed by atoms with Crippen LogP contribution in [0.5, 0.6) is 0 Å². The van der Waals surface area contributed by atoms with Gasteiger partial charge >= 0.3 is 6.18 Å². The number of rotatable bonds is 5. The maximum absolute atomic E-state index is 12.9. The van der Waals surface area contributed by atoms with E-state index in [-0.39, 0.29) is 5.56 Å². The summed E-state index contributed by atoms with van der Waals surface area (Å²) in [6.07, 6.45) is 1.16. The molecule has 8 nitrogen and oxygen atoms in total. The van der Waals surface area contributed by atoms with Gasteiger partial charge in [0.05, 0.1) is 23.5 Å². The zero-order valence-corrected chi connectivity index (χ0v) is 17.6. The van der Waals surface area contributed by atoms with E-state index in [1.54, 1.807) is 19.1 Å². The van der Waals surface area contributed by atoms with Crippen molar-refractivity contribution in [3.8, 4) is 5.82 Å². The second-order valence-electron chi connectivity index (χ2n) is 6.95. The van der Waals surface area contributed by atoms with Gasteiger partial charge in [0.15, 0.2) is 11.6 Å². The van der Waals surface area contributed by atoms with Crippen LogP contribution in [0.1, 0.15) is 34.7 Å². The first-order chi connectivity index (χ1) is 14.4. The molecule has 12 heteroatoms. The van der Waals surface area contributed by atoms with Gasteiger partial charge in [-0.25, -0.2) is 14.2 Å². The third-order valence-electron chi connectivity index (χ3n) is 4.04. The number of aromatic nitrogens is 4. The van der Waals surface area contributed by atoms with E-state index in [1.807, 2.05) is 0 Å². The van der Waals surface area contributed by atoms with Crippen molar-refractivity contribution in [2.75, 3.05) is 12.5 Å². The number of pyridine rings is 1. The number of alkyl halides is 3. The van der Waals surface area contributed by atoms with E-state index in [1.165, 1.54) is 41.9 Å². The first-order valence-electron chi connectivity index (χ1n) is 8.95. The van der Waals surface area contributed by atoms with Crippen molar-refractivity contribution in [1.82, 2.24) is 25.1 Å². The number of hydrogen-bond donors (Lipinski definition) is 1. The molecule has 3 aromatic rings. The summed E-state index contributed by atoms with van der Waals surface area (Å²) >= 11 is 0. The van der Waals surface area contributed by atoms with Crippen LogP contribution < -0.4 is 5.32 Å². The van der Waals surface area contributed by atoms with Crippen molar-refractivity contribution >= 4 is 21.3 Å². The Hall–Kier alpha value is -3.28. The lowest BCUT2D eigenvalue weighted by Crippen LogP contribution is -2.29. The SMILES string of the molecule is C[C@H](NC(=O)c1cccc(C(F)(F)F)c1)c1ncnn1-c1ccc(N=S(C)(C)=O)cn1. The van der Waals surface area contributed by atoms with Crippen LogP contribution in [-0.4, -0.2) is 42.4 Å². The summed E-state index contributed by atoms with van der Waals surface area (Å²) in [6, 6.07) is 6.69. The van der Waals surface area contributed by atoms with Gasteiger partial charge < -0.3 is 5.32 Å². The van der Waals surface area contributed by atoms with Crippen molar-refractivity contribution in [3.05, 3.63) is 65.9 Å². The maximum Gasteiger partial charge on any atom is 0.416 e. The highest BCUT2D eigenvalue weighted by atomic mass is 32.2. The standard InChI is InChI=1S/C19H19F3N6O2S/c1-12(26-18(29)13-5-4-6-14(9-13)19(20,21)22)17-24-11-25-28(17)16-8-7-15(10-23-16)27-31(2,3)30/h4-12H,1-3H3,(H,26,29)/t12-/m0/s1. The van der Waals surface area contributed by atoms with Gasteiger partial charge in [0.2, 0.25) is 0 Å². The normalized spacial score (nSPS) is 13.0. The second kappa shape index (κ2) is 8.46. The highest BCUT2D eigenvalue weighted by Gasteiger charge is 2.31. The van der Waals surface area contributed by atoms with Gasteiger partial charge in [-0.15, -0.1) is 0 Å². The molecule has 0 unspecified atom stereocenters. The summed E-state index contributed by atoms with van der Waals surface area (Å²) in [4.78, 5) is 20.8. The van der Waals surface area contributed by atoms with E-state index in [9.17, 15) is 22.2 Å². The molecule has 3 rings (SSSR count). The van der Waals surface area contributed by atoms with Crippen LogP contribution >= 0.6 is 0 Å². The van der Waals surface area contributed by atoms with Gasteiger partial charge in [-0.05, 0) is 37.3 Å². The molecule has 1 amide bonds. The van der Waals surface area contributed by atoms with Crippen LogP contribution in [0.3, 0.4) is 0 Å². The number of nitrogens with one attached hydrogen (secondary N) is 1. The molecular formula is C19H19F3N6O2S. The van der Waals surface area contributed by atoms with Crippen LogP contribution in [0.15, 0.2) is 53.3 Å². The Bertz CT molecular complexity index is 1210. The van der Waals surface area contributed by atoms with Gasteiger partial charge in [-0.3, -0.25) is 4.79 Å². The summed E-state index contributed by atoms with van der Waals surface area (Å²) in [5.41, 5.74) is -0.598. The minimum Gasteiger partial charge on any atom is -0.342 e. The molecular weight excluding hydrogens is 433 g/mol. The summed E-state index contributed by atoms with van der Waals surface area (Å²) in [5, 5.41) is 6.71. The molecule has 0 saturated heterocycles. The molecule has 2 aromatic heterocycles. The third-order valence-corrected chi connectivity index (χ3v) is 4.69. The van der Waals surface area contributed by atoms with Gasteiger partial charge in [-0.1, -0.05) is 6.07 Å². The Morgan fingerprint density at radius 3 is 2.55 bits per heavy atom. The van der Waals surface area contributed by atoms with Gasteiger partial charge in [0.25, 0.3) is 5.91 Å². The maximum atomic E-state index is 12.9. The molecule has 1 atom stereocenters. The predicted molar refractivity (Wildman–Crippen MR) is 109 cm³/mol. The quantitative estimate of drug-likeness (QED) is 0.638. The van der Waals surface area contributed by atoms with Crippen LogP contribution in [0.25, 0.3) is 5.82 Å². The monoisotopic (exact) mass is 452 g/mol. The van der Waals surface area contributed by atoms with E-state index in [0.29, 0.717) is 17.3 Å². The topological polar surface area (TPSA) is 102 Å². The lowest BCUT2D eigenvalue weighted by molar-refractivity contribution is -0.137. The summed E-state index contributed by atoms with van der Waals surface area (Å²) in [5.74, 6) is 0.0218. The molecule has 1 N–H and O–H groups in total. The minimum atomic E-state index is -4.55. The van der Waals surface area contributed by atoms with Crippen molar-refractivity contribution in [3.63, 3.8) is 0 Å². The smallest absolute Gasteiger partial charge is 0.342 e. The van der Waals surface area contributed by atoms with Crippen LogP contribution in [0.2, 0.25) is 0 Å². The fraction of sp³-hybridized carbons (Fsp3) is 0.263. The van der Waals surface area contributed by atoms with E-state index < -0.39 is 33.4 Å². The highest BCUT2D eigenvalue weighted by Crippen LogP contribution is 2.29. The molecule has 2 heterocycles. The van der Waals surface area contributed by atoms with E-state index >= 15 is 0 Å². The number of carbonyl (C=O) groups is 1. The molecule has 0 aliphatic rings. The van der Waals surface area contributed by atoms with Gasteiger partial charge in [-0.2, -0.15) is 27.3 Å². The largest absolute Gasteiger partial charge is 0.416 e. The number of amides is 1. The molecule has 0 saturated carbocycles.